The molecule has 1 heterocycles. The third-order valence-electron chi connectivity index (χ3n) is 4.00. The second-order valence-corrected chi connectivity index (χ2v) is 5.59. The Morgan fingerprint density at radius 3 is 2.65 bits per heavy atom. The van der Waals surface area contributed by atoms with Crippen molar-refractivity contribution in [2.24, 2.45) is 0 Å². The lowest BCUT2D eigenvalue weighted by Gasteiger charge is -2.16. The number of benzene rings is 2. The summed E-state index contributed by atoms with van der Waals surface area (Å²) in [6.45, 7) is 1.58. The maximum Gasteiger partial charge on any atom is 0.278 e. The Kier molecular flexibility index (Phi) is 4.83. The highest BCUT2D eigenvalue weighted by Gasteiger charge is 2.20. The van der Waals surface area contributed by atoms with Gasteiger partial charge in [0.1, 0.15) is 23.1 Å². The molecular weight excluding hydrogens is 336 g/mol. The highest BCUT2D eigenvalue weighted by molar-refractivity contribution is 5.95. The topological polar surface area (TPSA) is 95.3 Å². The monoisotopic (exact) mass is 354 g/mol. The summed E-state index contributed by atoms with van der Waals surface area (Å²) < 4.78 is 11.5. The smallest absolute Gasteiger partial charge is 0.278 e. The molecule has 0 radical (unpaired) electrons. The molecule has 0 saturated carbocycles. The minimum atomic E-state index is -0.855. The first-order valence-corrected chi connectivity index (χ1v) is 7.92. The Labute approximate surface area is 149 Å². The quantitative estimate of drug-likeness (QED) is 0.753. The van der Waals surface area contributed by atoms with Gasteiger partial charge in [0.25, 0.3) is 5.56 Å². The van der Waals surface area contributed by atoms with Crippen LogP contribution in [0.5, 0.6) is 11.5 Å². The molecule has 0 saturated heterocycles. The third-order valence-corrected chi connectivity index (χ3v) is 4.00. The molecule has 0 aliphatic rings. The number of nitrogens with one attached hydrogen (secondary N) is 1. The molecule has 0 aliphatic carbocycles. The van der Waals surface area contributed by atoms with Crippen LogP contribution in [-0.4, -0.2) is 35.1 Å². The number of aromatic nitrogens is 3. The summed E-state index contributed by atoms with van der Waals surface area (Å²) in [5.41, 5.74) is 0.574. The van der Waals surface area contributed by atoms with Crippen LogP contribution in [0, 0.1) is 0 Å². The van der Waals surface area contributed by atoms with Crippen molar-refractivity contribution in [3.63, 3.8) is 0 Å². The van der Waals surface area contributed by atoms with E-state index in [9.17, 15) is 9.59 Å². The predicted molar refractivity (Wildman–Crippen MR) is 96.7 cm³/mol. The van der Waals surface area contributed by atoms with Gasteiger partial charge in [0.2, 0.25) is 5.91 Å². The van der Waals surface area contributed by atoms with E-state index < -0.39 is 11.9 Å². The van der Waals surface area contributed by atoms with Crippen LogP contribution in [0.15, 0.2) is 47.3 Å². The van der Waals surface area contributed by atoms with Crippen molar-refractivity contribution in [2.45, 2.75) is 13.0 Å². The molecule has 0 spiro atoms. The molecule has 2 aromatic carbocycles. The zero-order valence-corrected chi connectivity index (χ0v) is 14.6. The van der Waals surface area contributed by atoms with E-state index in [4.69, 9.17) is 9.47 Å². The summed E-state index contributed by atoms with van der Waals surface area (Å²) >= 11 is 0. The van der Waals surface area contributed by atoms with E-state index in [1.54, 1.807) is 56.5 Å². The number of anilines is 1. The number of hydrogen-bond acceptors (Lipinski definition) is 6. The van der Waals surface area contributed by atoms with Crippen molar-refractivity contribution in [2.75, 3.05) is 19.5 Å². The average molecular weight is 354 g/mol. The summed E-state index contributed by atoms with van der Waals surface area (Å²) in [7, 11) is 3.03. The van der Waals surface area contributed by atoms with E-state index in [1.165, 1.54) is 7.11 Å². The summed E-state index contributed by atoms with van der Waals surface area (Å²) in [6, 6.07) is 11.0. The van der Waals surface area contributed by atoms with E-state index in [0.29, 0.717) is 28.1 Å². The Balaban J connectivity index is 1.89. The van der Waals surface area contributed by atoms with Crippen LogP contribution in [0.4, 0.5) is 5.69 Å². The molecule has 134 valence electrons. The van der Waals surface area contributed by atoms with Gasteiger partial charge >= 0.3 is 0 Å². The molecule has 1 unspecified atom stereocenters. The number of methoxy groups -OCH3 is 2. The van der Waals surface area contributed by atoms with Crippen LogP contribution < -0.4 is 20.3 Å². The predicted octanol–water partition coefficient (Wildman–Crippen LogP) is 2.01. The molecule has 0 bridgehead atoms. The van der Waals surface area contributed by atoms with Crippen molar-refractivity contribution in [1.82, 2.24) is 15.0 Å². The number of carbonyl (C=O) groups is 1. The van der Waals surface area contributed by atoms with Crippen molar-refractivity contribution >= 4 is 22.5 Å². The summed E-state index contributed by atoms with van der Waals surface area (Å²) in [6.07, 6.45) is 0. The van der Waals surface area contributed by atoms with E-state index in [-0.39, 0.29) is 5.56 Å². The molecule has 8 heteroatoms. The molecule has 3 rings (SSSR count). The molecule has 0 aliphatic heterocycles. The maximum absolute atomic E-state index is 12.6. The molecular formula is C18H18N4O4. The minimum Gasteiger partial charge on any atom is -0.497 e. The lowest BCUT2D eigenvalue weighted by Crippen LogP contribution is -2.34. The van der Waals surface area contributed by atoms with Gasteiger partial charge in [-0.25, -0.2) is 0 Å². The Morgan fingerprint density at radius 1 is 1.15 bits per heavy atom. The number of carbonyl (C=O) groups excluding carboxylic acids is 1. The number of amides is 1. The first-order chi connectivity index (χ1) is 12.5. The zero-order chi connectivity index (χ0) is 18.7. The van der Waals surface area contributed by atoms with Gasteiger partial charge in [-0.15, -0.1) is 5.10 Å². The van der Waals surface area contributed by atoms with Gasteiger partial charge in [-0.2, -0.15) is 4.68 Å². The second kappa shape index (κ2) is 7.22. The maximum atomic E-state index is 12.6. The van der Waals surface area contributed by atoms with Gasteiger partial charge in [0.15, 0.2) is 0 Å². The number of fused-ring (bicyclic) bond motifs is 1. The van der Waals surface area contributed by atoms with E-state index in [1.807, 2.05) is 0 Å². The number of rotatable bonds is 5. The van der Waals surface area contributed by atoms with Crippen LogP contribution in [0.1, 0.15) is 13.0 Å². The van der Waals surface area contributed by atoms with Crippen LogP contribution in [0.2, 0.25) is 0 Å². The van der Waals surface area contributed by atoms with Crippen LogP contribution >= 0.6 is 0 Å². The first-order valence-electron chi connectivity index (χ1n) is 7.92. The first kappa shape index (κ1) is 17.4. The lowest BCUT2D eigenvalue weighted by molar-refractivity contribution is -0.119. The molecule has 3 aromatic rings. The minimum absolute atomic E-state index is 0.375. The fraction of sp³-hybridized carbons (Fsp3) is 0.222. The number of ether oxygens (including phenoxy) is 2. The van der Waals surface area contributed by atoms with E-state index in [0.717, 1.165) is 4.68 Å². The molecule has 8 nitrogen and oxygen atoms in total. The fourth-order valence-electron chi connectivity index (χ4n) is 2.51. The van der Waals surface area contributed by atoms with Crippen LogP contribution in [0.3, 0.4) is 0 Å². The zero-order valence-electron chi connectivity index (χ0n) is 14.6. The number of hydrogen-bond donors (Lipinski definition) is 1. The Bertz CT molecular complexity index is 1020. The third kappa shape index (κ3) is 3.21. The van der Waals surface area contributed by atoms with Crippen molar-refractivity contribution in [3.05, 3.63) is 52.8 Å². The average Bonchev–Trinajstić information content (AvgIpc) is 2.68. The van der Waals surface area contributed by atoms with Gasteiger partial charge in [-0.3, -0.25) is 9.59 Å². The van der Waals surface area contributed by atoms with Crippen molar-refractivity contribution in [3.8, 4) is 11.5 Å². The largest absolute Gasteiger partial charge is 0.497 e. The van der Waals surface area contributed by atoms with Gasteiger partial charge in [-0.05, 0) is 31.2 Å². The molecule has 0 fully saturated rings. The van der Waals surface area contributed by atoms with Gasteiger partial charge in [0.05, 0.1) is 25.3 Å². The summed E-state index contributed by atoms with van der Waals surface area (Å²) in [5, 5.41) is 11.0. The molecule has 1 atom stereocenters. The number of nitrogens with zero attached hydrogens (tertiary/aromatic N) is 3. The van der Waals surface area contributed by atoms with Gasteiger partial charge < -0.3 is 14.8 Å². The molecule has 1 amide bonds. The highest BCUT2D eigenvalue weighted by Crippen LogP contribution is 2.29. The van der Waals surface area contributed by atoms with Crippen LogP contribution in [-0.2, 0) is 4.79 Å². The Morgan fingerprint density at radius 2 is 1.92 bits per heavy atom. The SMILES string of the molecule is COc1ccc(NC(=O)C(C)n2nnc3ccccc3c2=O)c(OC)c1. The second-order valence-electron chi connectivity index (χ2n) is 5.59. The summed E-state index contributed by atoms with van der Waals surface area (Å²) in [5.74, 6) is 0.631. The van der Waals surface area contributed by atoms with E-state index >= 15 is 0 Å². The van der Waals surface area contributed by atoms with E-state index in [2.05, 4.69) is 15.6 Å². The van der Waals surface area contributed by atoms with Gasteiger partial charge in [0, 0.05) is 6.07 Å². The van der Waals surface area contributed by atoms with Crippen molar-refractivity contribution < 1.29 is 14.3 Å². The summed E-state index contributed by atoms with van der Waals surface area (Å²) in [4.78, 5) is 25.2. The standard InChI is InChI=1S/C18H18N4O4/c1-11(22-18(24)13-6-4-5-7-14(13)20-21-22)17(23)19-15-9-8-12(25-2)10-16(15)26-3/h4-11H,1-3H3,(H,19,23). The molecule has 1 N–H and O–H groups in total. The van der Waals surface area contributed by atoms with Gasteiger partial charge in [-0.1, -0.05) is 17.3 Å². The lowest BCUT2D eigenvalue weighted by atomic mass is 10.2. The normalized spacial score (nSPS) is 11.8. The fourth-order valence-corrected chi connectivity index (χ4v) is 2.51. The van der Waals surface area contributed by atoms with Crippen LogP contribution in [0.25, 0.3) is 10.9 Å². The molecule has 26 heavy (non-hydrogen) atoms. The Hall–Kier alpha value is -3.42. The highest BCUT2D eigenvalue weighted by atomic mass is 16.5. The molecule has 1 aromatic heterocycles. The van der Waals surface area contributed by atoms with Crippen molar-refractivity contribution in [1.29, 1.82) is 0 Å².